The zero-order chi connectivity index (χ0) is 19.1. The number of carbonyl (C=O) groups is 1. The van der Waals surface area contributed by atoms with E-state index in [4.69, 9.17) is 5.11 Å². The Bertz CT molecular complexity index is 860. The zero-order valence-electron chi connectivity index (χ0n) is 13.3. The Morgan fingerprint density at radius 3 is 2.81 bits per heavy atom. The van der Waals surface area contributed by atoms with Gasteiger partial charge in [0, 0.05) is 21.9 Å². The average Bonchev–Trinajstić information content (AvgIpc) is 2.62. The van der Waals surface area contributed by atoms with Crippen LogP contribution in [0.15, 0.2) is 50.9 Å². The van der Waals surface area contributed by atoms with E-state index >= 15 is 0 Å². The number of hydrazone groups is 1. The highest BCUT2D eigenvalue weighted by Crippen LogP contribution is 2.29. The van der Waals surface area contributed by atoms with Crippen molar-refractivity contribution in [3.63, 3.8) is 0 Å². The molecule has 8 nitrogen and oxygen atoms in total. The van der Waals surface area contributed by atoms with Gasteiger partial charge in [-0.3, -0.25) is 14.9 Å². The summed E-state index contributed by atoms with van der Waals surface area (Å²) in [5.41, 5.74) is 2.61. The second kappa shape index (κ2) is 9.32. The molecule has 2 aromatic rings. The zero-order valence-corrected chi connectivity index (χ0v) is 15.7. The summed E-state index contributed by atoms with van der Waals surface area (Å²) in [4.78, 5) is 23.1. The normalized spacial score (nSPS) is 10.8. The van der Waals surface area contributed by atoms with Gasteiger partial charge in [0.05, 0.1) is 28.2 Å². The summed E-state index contributed by atoms with van der Waals surface area (Å²) in [6.07, 6.45) is 1.26. The van der Waals surface area contributed by atoms with Crippen molar-refractivity contribution in [1.82, 2.24) is 5.43 Å². The number of phenols is 1. The van der Waals surface area contributed by atoms with Crippen molar-refractivity contribution in [2.45, 2.75) is 4.90 Å². The van der Waals surface area contributed by atoms with Crippen LogP contribution < -0.4 is 5.43 Å². The largest absolute Gasteiger partial charge is 0.507 e. The highest BCUT2D eigenvalue weighted by Gasteiger charge is 2.15. The van der Waals surface area contributed by atoms with Crippen LogP contribution in [-0.2, 0) is 0 Å². The molecule has 26 heavy (non-hydrogen) atoms. The van der Waals surface area contributed by atoms with Gasteiger partial charge in [-0.05, 0) is 24.3 Å². The first-order chi connectivity index (χ1) is 12.4. The topological polar surface area (TPSA) is 125 Å². The van der Waals surface area contributed by atoms with Crippen LogP contribution in [0.1, 0.15) is 15.9 Å². The van der Waals surface area contributed by atoms with Gasteiger partial charge in [-0.1, -0.05) is 22.0 Å². The number of aromatic hydroxyl groups is 1. The lowest BCUT2D eigenvalue weighted by Gasteiger charge is -2.04. The molecule has 2 rings (SSSR count). The number of rotatable bonds is 7. The minimum Gasteiger partial charge on any atom is -0.507 e. The lowest BCUT2D eigenvalue weighted by Crippen LogP contribution is -2.17. The molecule has 0 saturated heterocycles. The van der Waals surface area contributed by atoms with Gasteiger partial charge in [0.2, 0.25) is 0 Å². The number of halogens is 1. The fourth-order valence-corrected chi connectivity index (χ4v) is 3.07. The molecular formula is C16H14BrN3O5S. The molecule has 0 aliphatic heterocycles. The number of amides is 1. The average molecular weight is 440 g/mol. The molecule has 0 bridgehead atoms. The van der Waals surface area contributed by atoms with Crippen molar-refractivity contribution < 1.29 is 19.9 Å². The highest BCUT2D eigenvalue weighted by atomic mass is 79.9. The van der Waals surface area contributed by atoms with Crippen LogP contribution in [0.5, 0.6) is 5.75 Å². The lowest BCUT2D eigenvalue weighted by molar-refractivity contribution is -0.387. The molecule has 0 atom stereocenters. The third-order valence-electron chi connectivity index (χ3n) is 3.11. The molecule has 0 radical (unpaired) electrons. The third kappa shape index (κ3) is 5.28. The number of aliphatic hydroxyl groups excluding tert-OH is 1. The SMILES string of the molecule is O=C(N/N=C/c1ccc(SCCO)c([N+](=O)[O-])c1)c1cc(Br)ccc1O. The van der Waals surface area contributed by atoms with E-state index in [0.717, 1.165) is 0 Å². The van der Waals surface area contributed by atoms with E-state index < -0.39 is 10.8 Å². The molecule has 0 saturated carbocycles. The maximum Gasteiger partial charge on any atom is 0.283 e. The Labute approximate surface area is 161 Å². The number of phenolic OH excluding ortho intramolecular Hbond substituents is 1. The molecule has 3 N–H and O–H groups in total. The Balaban J connectivity index is 2.12. The van der Waals surface area contributed by atoms with Crippen LogP contribution in [0.4, 0.5) is 5.69 Å². The summed E-state index contributed by atoms with van der Waals surface area (Å²) in [6, 6.07) is 8.89. The van der Waals surface area contributed by atoms with Gasteiger partial charge in [-0.25, -0.2) is 5.43 Å². The van der Waals surface area contributed by atoms with E-state index in [1.165, 1.54) is 36.2 Å². The van der Waals surface area contributed by atoms with Crippen molar-refractivity contribution >= 4 is 45.5 Å². The highest BCUT2D eigenvalue weighted by molar-refractivity contribution is 9.10. The van der Waals surface area contributed by atoms with Gasteiger partial charge >= 0.3 is 0 Å². The van der Waals surface area contributed by atoms with Crippen molar-refractivity contribution in [2.75, 3.05) is 12.4 Å². The Kier molecular flexibility index (Phi) is 7.13. The number of carbonyl (C=O) groups excluding carboxylic acids is 1. The second-order valence-corrected chi connectivity index (χ2v) is 6.97. The predicted octanol–water partition coefficient (Wildman–Crippen LogP) is 2.91. The van der Waals surface area contributed by atoms with E-state index in [-0.39, 0.29) is 23.6 Å². The Morgan fingerprint density at radius 1 is 1.35 bits per heavy atom. The molecule has 0 heterocycles. The minimum absolute atomic E-state index is 0.0401. The number of nitrogens with zero attached hydrogens (tertiary/aromatic N) is 2. The first-order valence-corrected chi connectivity index (χ1v) is 9.04. The molecule has 10 heteroatoms. The van der Waals surface area contributed by atoms with Gasteiger partial charge in [-0.2, -0.15) is 5.10 Å². The smallest absolute Gasteiger partial charge is 0.283 e. The van der Waals surface area contributed by atoms with Crippen LogP contribution in [0.2, 0.25) is 0 Å². The number of nitrogens with one attached hydrogen (secondary N) is 1. The summed E-state index contributed by atoms with van der Waals surface area (Å²) in [6.45, 7) is -0.0838. The van der Waals surface area contributed by atoms with Gasteiger partial charge < -0.3 is 10.2 Å². The van der Waals surface area contributed by atoms with Crippen molar-refractivity contribution in [2.24, 2.45) is 5.10 Å². The monoisotopic (exact) mass is 439 g/mol. The van der Waals surface area contributed by atoms with E-state index in [0.29, 0.717) is 20.7 Å². The second-order valence-electron chi connectivity index (χ2n) is 4.92. The van der Waals surface area contributed by atoms with Crippen molar-refractivity contribution in [3.8, 4) is 5.75 Å². The first kappa shape index (κ1) is 19.9. The minimum atomic E-state index is -0.621. The van der Waals surface area contributed by atoms with Gasteiger partial charge in [-0.15, -0.1) is 11.8 Å². The number of thioether (sulfide) groups is 1. The lowest BCUT2D eigenvalue weighted by atomic mass is 10.2. The summed E-state index contributed by atoms with van der Waals surface area (Å²) in [5.74, 6) is -0.466. The van der Waals surface area contributed by atoms with Gasteiger partial charge in [0.1, 0.15) is 5.75 Å². The molecule has 136 valence electrons. The summed E-state index contributed by atoms with van der Waals surface area (Å²) < 4.78 is 0.621. The number of nitro groups is 1. The van der Waals surface area contributed by atoms with E-state index in [9.17, 15) is 20.0 Å². The number of benzene rings is 2. The van der Waals surface area contributed by atoms with E-state index in [1.807, 2.05) is 0 Å². The third-order valence-corrected chi connectivity index (χ3v) is 4.65. The fourth-order valence-electron chi connectivity index (χ4n) is 1.95. The Hall–Kier alpha value is -2.43. The van der Waals surface area contributed by atoms with E-state index in [1.54, 1.807) is 18.2 Å². The van der Waals surface area contributed by atoms with Crippen LogP contribution in [-0.4, -0.2) is 39.6 Å². The number of nitro benzene ring substituents is 1. The number of hydrogen-bond donors (Lipinski definition) is 3. The maximum absolute atomic E-state index is 12.0. The fraction of sp³-hybridized carbons (Fsp3) is 0.125. The first-order valence-electron chi connectivity index (χ1n) is 7.26. The van der Waals surface area contributed by atoms with Crippen LogP contribution >= 0.6 is 27.7 Å². The summed E-state index contributed by atoms with van der Waals surface area (Å²) in [5, 5.41) is 33.4. The molecule has 0 aliphatic rings. The molecule has 0 aliphatic carbocycles. The van der Waals surface area contributed by atoms with Crippen LogP contribution in [0.3, 0.4) is 0 Å². The van der Waals surface area contributed by atoms with Crippen LogP contribution in [0.25, 0.3) is 0 Å². The summed E-state index contributed by atoms with van der Waals surface area (Å²) in [7, 11) is 0. The standard InChI is InChI=1S/C16H14BrN3O5S/c17-11-2-3-14(22)12(8-11)16(23)19-18-9-10-1-4-15(26-6-5-21)13(7-10)20(24)25/h1-4,7-9,21-22H,5-6H2,(H,19,23)/b18-9+. The number of aliphatic hydroxyl groups is 1. The molecule has 0 spiro atoms. The quantitative estimate of drug-likeness (QED) is 0.263. The molecule has 0 unspecified atom stereocenters. The van der Waals surface area contributed by atoms with Crippen molar-refractivity contribution in [1.29, 1.82) is 0 Å². The molecule has 0 fully saturated rings. The van der Waals surface area contributed by atoms with E-state index in [2.05, 4.69) is 26.5 Å². The summed E-state index contributed by atoms with van der Waals surface area (Å²) >= 11 is 4.38. The van der Waals surface area contributed by atoms with Gasteiger partial charge in [0.25, 0.3) is 11.6 Å². The molecule has 2 aromatic carbocycles. The van der Waals surface area contributed by atoms with Gasteiger partial charge in [0.15, 0.2) is 0 Å². The molecule has 0 aromatic heterocycles. The molecule has 1 amide bonds. The predicted molar refractivity (Wildman–Crippen MR) is 102 cm³/mol. The maximum atomic E-state index is 12.0. The molecular weight excluding hydrogens is 426 g/mol. The van der Waals surface area contributed by atoms with Crippen LogP contribution in [0, 0.1) is 10.1 Å². The van der Waals surface area contributed by atoms with Crippen molar-refractivity contribution in [3.05, 3.63) is 62.1 Å². The Morgan fingerprint density at radius 2 is 2.12 bits per heavy atom. The number of hydrogen-bond acceptors (Lipinski definition) is 7.